The van der Waals surface area contributed by atoms with Gasteiger partial charge in [-0.25, -0.2) is 14.4 Å². The number of ether oxygens (including phenoxy) is 1. The molecule has 5 rings (SSSR count). The maximum atomic E-state index is 15.0. The lowest BCUT2D eigenvalue weighted by Crippen LogP contribution is -2.01. The molecule has 0 saturated heterocycles. The Morgan fingerprint density at radius 1 is 1.19 bits per heavy atom. The van der Waals surface area contributed by atoms with Crippen molar-refractivity contribution in [3.8, 4) is 16.9 Å². The quantitative estimate of drug-likeness (QED) is 0.260. The summed E-state index contributed by atoms with van der Waals surface area (Å²) in [6, 6.07) is 4.97. The predicted molar refractivity (Wildman–Crippen MR) is 140 cm³/mol. The summed E-state index contributed by atoms with van der Waals surface area (Å²) in [5.74, 6) is 0.133. The highest BCUT2D eigenvalue weighted by atomic mass is 35.5. The zero-order chi connectivity index (χ0) is 25.2. The Kier molecular flexibility index (Phi) is 6.43. The smallest absolute Gasteiger partial charge is 0.165 e. The SMILES string of the molecule is C=Cc1nc(COc2cc(Cl)c(Cc3c[nH]c4ncc(-c5cnn(C)c5)cc34)cc2F)[nH]c1/C=C\C. The van der Waals surface area contributed by atoms with E-state index < -0.39 is 5.82 Å². The van der Waals surface area contributed by atoms with Crippen LogP contribution in [-0.4, -0.2) is 29.7 Å². The van der Waals surface area contributed by atoms with Gasteiger partial charge in [-0.2, -0.15) is 5.10 Å². The number of allylic oxidation sites excluding steroid dienone is 1. The molecular formula is C27H24ClFN6O. The van der Waals surface area contributed by atoms with Crippen LogP contribution in [0, 0.1) is 5.82 Å². The van der Waals surface area contributed by atoms with E-state index >= 15 is 0 Å². The van der Waals surface area contributed by atoms with Crippen LogP contribution >= 0.6 is 11.6 Å². The second-order valence-corrected chi connectivity index (χ2v) is 8.77. The molecule has 0 saturated carbocycles. The Hall–Kier alpha value is -4.17. The molecule has 0 atom stereocenters. The number of imidazole rings is 1. The first-order valence-corrected chi connectivity index (χ1v) is 11.7. The zero-order valence-electron chi connectivity index (χ0n) is 19.8. The number of aryl methyl sites for hydroxylation is 1. The number of fused-ring (bicyclic) bond motifs is 1. The van der Waals surface area contributed by atoms with E-state index in [1.54, 1.807) is 23.2 Å². The summed E-state index contributed by atoms with van der Waals surface area (Å²) in [4.78, 5) is 15.3. The van der Waals surface area contributed by atoms with Crippen molar-refractivity contribution in [2.45, 2.75) is 20.0 Å². The largest absolute Gasteiger partial charge is 0.483 e. The summed E-state index contributed by atoms with van der Waals surface area (Å²) in [7, 11) is 1.87. The minimum Gasteiger partial charge on any atom is -0.483 e. The number of benzene rings is 1. The zero-order valence-corrected chi connectivity index (χ0v) is 20.6. The molecule has 4 heterocycles. The van der Waals surface area contributed by atoms with Crippen LogP contribution in [0.3, 0.4) is 0 Å². The Labute approximate surface area is 212 Å². The summed E-state index contributed by atoms with van der Waals surface area (Å²) in [5.41, 5.74) is 5.81. The van der Waals surface area contributed by atoms with Crippen molar-refractivity contribution in [2.75, 3.05) is 0 Å². The third-order valence-electron chi connectivity index (χ3n) is 5.84. The molecule has 0 bridgehead atoms. The van der Waals surface area contributed by atoms with E-state index in [1.807, 2.05) is 38.5 Å². The highest BCUT2D eigenvalue weighted by Gasteiger charge is 2.15. The molecule has 4 aromatic heterocycles. The molecule has 2 N–H and O–H groups in total. The maximum Gasteiger partial charge on any atom is 0.165 e. The molecule has 0 unspecified atom stereocenters. The third-order valence-corrected chi connectivity index (χ3v) is 6.19. The summed E-state index contributed by atoms with van der Waals surface area (Å²) >= 11 is 6.54. The molecule has 0 fully saturated rings. The fourth-order valence-corrected chi connectivity index (χ4v) is 4.29. The van der Waals surface area contributed by atoms with Gasteiger partial charge in [0.15, 0.2) is 11.6 Å². The number of hydrogen-bond donors (Lipinski definition) is 2. The summed E-state index contributed by atoms with van der Waals surface area (Å²) in [5, 5.41) is 5.59. The summed E-state index contributed by atoms with van der Waals surface area (Å²) < 4.78 is 22.4. The van der Waals surface area contributed by atoms with Crippen molar-refractivity contribution in [1.29, 1.82) is 0 Å². The monoisotopic (exact) mass is 502 g/mol. The first-order valence-electron chi connectivity index (χ1n) is 11.3. The molecule has 36 heavy (non-hydrogen) atoms. The van der Waals surface area contributed by atoms with Gasteiger partial charge < -0.3 is 14.7 Å². The van der Waals surface area contributed by atoms with Gasteiger partial charge in [0.2, 0.25) is 0 Å². The number of rotatable bonds is 8. The second-order valence-electron chi connectivity index (χ2n) is 8.36. The van der Waals surface area contributed by atoms with Crippen LogP contribution in [0.15, 0.2) is 55.6 Å². The Bertz CT molecular complexity index is 1600. The summed E-state index contributed by atoms with van der Waals surface area (Å²) in [6.07, 6.45) is 13.3. The normalized spacial score (nSPS) is 11.6. The lowest BCUT2D eigenvalue weighted by molar-refractivity contribution is 0.282. The second kappa shape index (κ2) is 9.83. The molecule has 0 aliphatic carbocycles. The van der Waals surface area contributed by atoms with Crippen molar-refractivity contribution < 1.29 is 9.13 Å². The standard InChI is InChI=1S/C27H24ClFN6O/c1-4-6-24-23(5-2)33-26(34-24)15-36-25-10-21(28)16(9-22(25)29)7-18-12-31-27-20(18)8-17(11-30-27)19-13-32-35(3)14-19/h4-6,8-14H,2,7,15H2,1,3H3,(H,30,31)(H,33,34)/b6-4-. The topological polar surface area (TPSA) is 84.4 Å². The average Bonchev–Trinajstić information content (AvgIpc) is 3.59. The Morgan fingerprint density at radius 2 is 2.06 bits per heavy atom. The van der Waals surface area contributed by atoms with Crippen LogP contribution in [0.4, 0.5) is 4.39 Å². The van der Waals surface area contributed by atoms with Gasteiger partial charge in [0, 0.05) is 59.7 Å². The van der Waals surface area contributed by atoms with Crippen molar-refractivity contribution in [1.82, 2.24) is 29.7 Å². The lowest BCUT2D eigenvalue weighted by atomic mass is 10.0. The number of hydrogen-bond acceptors (Lipinski definition) is 4. The van der Waals surface area contributed by atoms with Gasteiger partial charge in [0.25, 0.3) is 0 Å². The van der Waals surface area contributed by atoms with Crippen molar-refractivity contribution in [3.63, 3.8) is 0 Å². The number of aromatic nitrogens is 6. The average molecular weight is 503 g/mol. The number of halogens is 2. The molecule has 0 aliphatic rings. The molecule has 0 radical (unpaired) electrons. The molecule has 0 spiro atoms. The van der Waals surface area contributed by atoms with E-state index in [9.17, 15) is 4.39 Å². The number of aromatic amines is 2. The first kappa shape index (κ1) is 23.6. The van der Waals surface area contributed by atoms with Gasteiger partial charge in [-0.15, -0.1) is 0 Å². The first-order chi connectivity index (χ1) is 17.4. The van der Waals surface area contributed by atoms with Crippen LogP contribution in [-0.2, 0) is 20.1 Å². The van der Waals surface area contributed by atoms with Crippen LogP contribution in [0.1, 0.15) is 35.3 Å². The number of H-pyrrole nitrogens is 2. The van der Waals surface area contributed by atoms with Crippen LogP contribution in [0.5, 0.6) is 5.75 Å². The highest BCUT2D eigenvalue weighted by molar-refractivity contribution is 6.31. The van der Waals surface area contributed by atoms with Gasteiger partial charge in [-0.3, -0.25) is 4.68 Å². The number of nitrogens with one attached hydrogen (secondary N) is 2. The van der Waals surface area contributed by atoms with Gasteiger partial charge in [0.05, 0.1) is 17.6 Å². The molecule has 0 aliphatic heterocycles. The third kappa shape index (κ3) is 4.67. The van der Waals surface area contributed by atoms with Crippen LogP contribution < -0.4 is 4.74 Å². The van der Waals surface area contributed by atoms with E-state index in [0.717, 1.165) is 33.4 Å². The Balaban J connectivity index is 1.36. The van der Waals surface area contributed by atoms with Crippen molar-refractivity contribution in [2.24, 2.45) is 7.05 Å². The minimum absolute atomic E-state index is 0.0624. The number of pyridine rings is 1. The molecular weight excluding hydrogens is 479 g/mol. The molecule has 0 amide bonds. The summed E-state index contributed by atoms with van der Waals surface area (Å²) in [6.45, 7) is 5.74. The van der Waals surface area contributed by atoms with Crippen LogP contribution in [0.25, 0.3) is 34.3 Å². The molecule has 182 valence electrons. The van der Waals surface area contributed by atoms with Gasteiger partial charge in [-0.1, -0.05) is 24.3 Å². The van der Waals surface area contributed by atoms with E-state index in [4.69, 9.17) is 16.3 Å². The fourth-order valence-electron chi connectivity index (χ4n) is 4.07. The van der Waals surface area contributed by atoms with E-state index in [1.165, 1.54) is 12.1 Å². The fraction of sp³-hybridized carbons (Fsp3) is 0.148. The van der Waals surface area contributed by atoms with Crippen molar-refractivity contribution >= 4 is 34.8 Å². The van der Waals surface area contributed by atoms with E-state index in [0.29, 0.717) is 28.5 Å². The molecule has 9 heteroatoms. The molecule has 5 aromatic rings. The predicted octanol–water partition coefficient (Wildman–Crippen LogP) is 6.32. The van der Waals surface area contributed by atoms with Crippen LogP contribution in [0.2, 0.25) is 5.02 Å². The maximum absolute atomic E-state index is 15.0. The lowest BCUT2D eigenvalue weighted by Gasteiger charge is -2.10. The Morgan fingerprint density at radius 3 is 2.81 bits per heavy atom. The molecule has 7 nitrogen and oxygen atoms in total. The minimum atomic E-state index is -0.493. The number of nitrogens with zero attached hydrogens (tertiary/aromatic N) is 4. The van der Waals surface area contributed by atoms with Crippen molar-refractivity contribution in [3.05, 3.63) is 94.8 Å². The van der Waals surface area contributed by atoms with Gasteiger partial charge in [0.1, 0.15) is 18.1 Å². The van der Waals surface area contributed by atoms with E-state index in [2.05, 4.69) is 37.7 Å². The molecule has 1 aromatic carbocycles. The van der Waals surface area contributed by atoms with Gasteiger partial charge >= 0.3 is 0 Å². The van der Waals surface area contributed by atoms with E-state index in [-0.39, 0.29) is 12.4 Å². The highest BCUT2D eigenvalue weighted by Crippen LogP contribution is 2.31. The van der Waals surface area contributed by atoms with Gasteiger partial charge in [-0.05, 0) is 42.3 Å².